The summed E-state index contributed by atoms with van der Waals surface area (Å²) < 4.78 is 0. The van der Waals surface area contributed by atoms with Gasteiger partial charge in [-0.25, -0.2) is 0 Å². The summed E-state index contributed by atoms with van der Waals surface area (Å²) in [6.45, 7) is 10.5. The second-order valence-corrected chi connectivity index (χ2v) is 7.49. The summed E-state index contributed by atoms with van der Waals surface area (Å²) in [6.07, 6.45) is 6.72. The van der Waals surface area contributed by atoms with Crippen molar-refractivity contribution in [3.63, 3.8) is 0 Å². The van der Waals surface area contributed by atoms with Crippen LogP contribution in [0.25, 0.3) is 0 Å². The van der Waals surface area contributed by atoms with Gasteiger partial charge in [-0.1, -0.05) is 57.9 Å². The lowest BCUT2D eigenvalue weighted by molar-refractivity contribution is 0.131. The van der Waals surface area contributed by atoms with Crippen LogP contribution < -0.4 is 5.32 Å². The van der Waals surface area contributed by atoms with Gasteiger partial charge < -0.3 is 5.32 Å². The molecule has 2 atom stereocenters. The minimum atomic E-state index is 0.431. The molecule has 1 N–H and O–H groups in total. The van der Waals surface area contributed by atoms with Gasteiger partial charge in [-0.2, -0.15) is 0 Å². The standard InChI is InChI=1S/C19H31N/c1-15-9-5-6-10-16(15)13-14-20-18-12-8-7-11-17(18)19(2,3)4/h5-6,9-10,17-18,20H,7-8,11-14H2,1-4H3. The van der Waals surface area contributed by atoms with E-state index in [9.17, 15) is 0 Å². The van der Waals surface area contributed by atoms with Crippen molar-refractivity contribution in [3.8, 4) is 0 Å². The summed E-state index contributed by atoms with van der Waals surface area (Å²) in [5.74, 6) is 0.827. The van der Waals surface area contributed by atoms with Crippen molar-refractivity contribution in [1.82, 2.24) is 5.32 Å². The molecule has 0 saturated heterocycles. The molecular weight excluding hydrogens is 242 g/mol. The molecule has 0 aromatic heterocycles. The predicted molar refractivity (Wildman–Crippen MR) is 88.1 cm³/mol. The fourth-order valence-corrected chi connectivity index (χ4v) is 3.69. The van der Waals surface area contributed by atoms with E-state index in [0.717, 1.165) is 18.9 Å². The molecule has 1 aliphatic rings. The van der Waals surface area contributed by atoms with Crippen LogP contribution in [0.1, 0.15) is 57.6 Å². The molecule has 2 unspecified atom stereocenters. The lowest BCUT2D eigenvalue weighted by atomic mass is 9.69. The van der Waals surface area contributed by atoms with Gasteiger partial charge in [-0.3, -0.25) is 0 Å². The maximum Gasteiger partial charge on any atom is 0.0100 e. The van der Waals surface area contributed by atoms with E-state index in [1.165, 1.54) is 36.8 Å². The third-order valence-corrected chi connectivity index (χ3v) is 4.94. The van der Waals surface area contributed by atoms with Gasteiger partial charge in [0.2, 0.25) is 0 Å². The molecular formula is C19H31N. The molecule has 0 aliphatic heterocycles. The Kier molecular flexibility index (Phi) is 5.26. The van der Waals surface area contributed by atoms with Crippen molar-refractivity contribution in [1.29, 1.82) is 0 Å². The first-order chi connectivity index (χ1) is 9.48. The van der Waals surface area contributed by atoms with Crippen LogP contribution in [0, 0.1) is 18.3 Å². The maximum atomic E-state index is 3.85. The van der Waals surface area contributed by atoms with E-state index in [1.807, 2.05) is 0 Å². The predicted octanol–water partition coefficient (Wildman–Crippen LogP) is 4.73. The molecule has 0 heterocycles. The number of hydrogen-bond donors (Lipinski definition) is 1. The Morgan fingerprint density at radius 2 is 1.80 bits per heavy atom. The highest BCUT2D eigenvalue weighted by Gasteiger charge is 2.33. The molecule has 2 rings (SSSR count). The van der Waals surface area contributed by atoms with Crippen LogP contribution in [0.5, 0.6) is 0 Å². The first-order valence-corrected chi connectivity index (χ1v) is 8.26. The first-order valence-electron chi connectivity index (χ1n) is 8.26. The molecule has 0 amide bonds. The van der Waals surface area contributed by atoms with Gasteiger partial charge in [-0.15, -0.1) is 0 Å². The molecule has 1 nitrogen and oxygen atoms in total. The second-order valence-electron chi connectivity index (χ2n) is 7.49. The molecule has 0 spiro atoms. The number of hydrogen-bond acceptors (Lipinski definition) is 1. The Morgan fingerprint density at radius 1 is 1.10 bits per heavy atom. The minimum absolute atomic E-state index is 0.431. The Morgan fingerprint density at radius 3 is 2.50 bits per heavy atom. The lowest BCUT2D eigenvalue weighted by Gasteiger charge is -2.41. The van der Waals surface area contributed by atoms with Crippen molar-refractivity contribution >= 4 is 0 Å². The molecule has 20 heavy (non-hydrogen) atoms. The van der Waals surface area contributed by atoms with Crippen LogP contribution in [-0.2, 0) is 6.42 Å². The molecule has 1 heteroatoms. The number of benzene rings is 1. The molecule has 1 aromatic rings. The lowest BCUT2D eigenvalue weighted by Crippen LogP contribution is -2.44. The monoisotopic (exact) mass is 273 g/mol. The topological polar surface area (TPSA) is 12.0 Å². The molecule has 1 aliphatic carbocycles. The fraction of sp³-hybridized carbons (Fsp3) is 0.684. The largest absolute Gasteiger partial charge is 0.313 e. The average Bonchev–Trinajstić information content (AvgIpc) is 2.40. The van der Waals surface area contributed by atoms with Crippen molar-refractivity contribution in [2.24, 2.45) is 11.3 Å². The van der Waals surface area contributed by atoms with E-state index >= 15 is 0 Å². The summed E-state index contributed by atoms with van der Waals surface area (Å²) in [5, 5.41) is 3.85. The number of rotatable bonds is 4. The third kappa shape index (κ3) is 4.09. The zero-order chi connectivity index (χ0) is 14.6. The van der Waals surface area contributed by atoms with E-state index in [0.29, 0.717) is 11.5 Å². The summed E-state index contributed by atoms with van der Waals surface area (Å²) in [7, 11) is 0. The SMILES string of the molecule is Cc1ccccc1CCNC1CCCCC1C(C)(C)C. The molecule has 1 aromatic carbocycles. The van der Waals surface area contributed by atoms with E-state index in [-0.39, 0.29) is 0 Å². The zero-order valence-electron chi connectivity index (χ0n) is 13.7. The Balaban J connectivity index is 1.87. The Labute approximate surface area is 125 Å². The van der Waals surface area contributed by atoms with Crippen molar-refractivity contribution in [2.45, 2.75) is 65.8 Å². The van der Waals surface area contributed by atoms with Crippen molar-refractivity contribution < 1.29 is 0 Å². The van der Waals surface area contributed by atoms with Gasteiger partial charge >= 0.3 is 0 Å². The quantitative estimate of drug-likeness (QED) is 0.836. The van der Waals surface area contributed by atoms with Crippen LogP contribution in [-0.4, -0.2) is 12.6 Å². The first kappa shape index (κ1) is 15.6. The van der Waals surface area contributed by atoms with E-state index < -0.39 is 0 Å². The molecule has 112 valence electrons. The van der Waals surface area contributed by atoms with E-state index in [4.69, 9.17) is 0 Å². The van der Waals surface area contributed by atoms with Crippen LogP contribution in [0.2, 0.25) is 0 Å². The van der Waals surface area contributed by atoms with Crippen molar-refractivity contribution in [3.05, 3.63) is 35.4 Å². The van der Waals surface area contributed by atoms with Gasteiger partial charge in [0, 0.05) is 6.04 Å². The van der Waals surface area contributed by atoms with Gasteiger partial charge in [-0.05, 0) is 55.2 Å². The van der Waals surface area contributed by atoms with Crippen LogP contribution in [0.15, 0.2) is 24.3 Å². The van der Waals surface area contributed by atoms with Crippen molar-refractivity contribution in [2.75, 3.05) is 6.54 Å². The maximum absolute atomic E-state index is 3.85. The summed E-state index contributed by atoms with van der Waals surface area (Å²) in [4.78, 5) is 0. The molecule has 0 radical (unpaired) electrons. The highest BCUT2D eigenvalue weighted by atomic mass is 14.9. The Hall–Kier alpha value is -0.820. The van der Waals surface area contributed by atoms with Gasteiger partial charge in [0.05, 0.1) is 0 Å². The van der Waals surface area contributed by atoms with Gasteiger partial charge in [0.25, 0.3) is 0 Å². The smallest absolute Gasteiger partial charge is 0.0100 e. The summed E-state index contributed by atoms with van der Waals surface area (Å²) >= 11 is 0. The van der Waals surface area contributed by atoms with E-state index in [2.05, 4.69) is 57.3 Å². The average molecular weight is 273 g/mol. The number of nitrogens with one attached hydrogen (secondary N) is 1. The molecule has 1 saturated carbocycles. The van der Waals surface area contributed by atoms with Crippen LogP contribution in [0.4, 0.5) is 0 Å². The third-order valence-electron chi connectivity index (χ3n) is 4.94. The second kappa shape index (κ2) is 6.76. The minimum Gasteiger partial charge on any atom is -0.313 e. The highest BCUT2D eigenvalue weighted by Crippen LogP contribution is 2.37. The van der Waals surface area contributed by atoms with Crippen LogP contribution in [0.3, 0.4) is 0 Å². The molecule has 1 fully saturated rings. The highest BCUT2D eigenvalue weighted by molar-refractivity contribution is 5.25. The number of aryl methyl sites for hydroxylation is 1. The fourth-order valence-electron chi connectivity index (χ4n) is 3.69. The summed E-state index contributed by atoms with van der Waals surface area (Å²) in [6, 6.07) is 9.48. The normalized spacial score (nSPS) is 23.8. The molecule has 0 bridgehead atoms. The Bertz CT molecular complexity index is 416. The zero-order valence-corrected chi connectivity index (χ0v) is 13.7. The summed E-state index contributed by atoms with van der Waals surface area (Å²) in [5.41, 5.74) is 3.34. The van der Waals surface area contributed by atoms with Gasteiger partial charge in [0.15, 0.2) is 0 Å². The van der Waals surface area contributed by atoms with Gasteiger partial charge in [0.1, 0.15) is 0 Å². The van der Waals surface area contributed by atoms with Crippen LogP contribution >= 0.6 is 0 Å². The van der Waals surface area contributed by atoms with E-state index in [1.54, 1.807) is 0 Å².